The minimum absolute atomic E-state index is 0.0114. The van der Waals surface area contributed by atoms with Crippen molar-refractivity contribution in [2.24, 2.45) is 17.6 Å². The summed E-state index contributed by atoms with van der Waals surface area (Å²) in [6, 6.07) is 0. The van der Waals surface area contributed by atoms with Crippen molar-refractivity contribution in [1.29, 1.82) is 0 Å². The molecule has 0 aromatic rings. The van der Waals surface area contributed by atoms with Crippen LogP contribution in [0.1, 0.15) is 46.0 Å². The fraction of sp³-hybridized carbons (Fsp3) is 0.846. The number of carbonyl (C=O) groups excluding carboxylic acids is 1. The zero-order valence-electron chi connectivity index (χ0n) is 11.7. The van der Waals surface area contributed by atoms with E-state index in [-0.39, 0.29) is 42.5 Å². The van der Waals surface area contributed by atoms with Gasteiger partial charge in [0.05, 0.1) is 16.4 Å². The van der Waals surface area contributed by atoms with Gasteiger partial charge in [-0.15, -0.1) is 0 Å². The van der Waals surface area contributed by atoms with Gasteiger partial charge in [-0.2, -0.15) is 13.2 Å². The van der Waals surface area contributed by atoms with E-state index in [2.05, 4.69) is 5.32 Å². The Morgan fingerprint density at radius 1 is 1.30 bits per heavy atom. The van der Waals surface area contributed by atoms with Crippen LogP contribution < -0.4 is 11.1 Å². The fourth-order valence-electron chi connectivity index (χ4n) is 2.38. The van der Waals surface area contributed by atoms with Gasteiger partial charge in [0, 0.05) is 5.92 Å². The molecule has 1 fully saturated rings. The maximum atomic E-state index is 12.6. The van der Waals surface area contributed by atoms with Crippen LogP contribution in [0, 0.1) is 11.8 Å². The van der Waals surface area contributed by atoms with Gasteiger partial charge in [0.2, 0.25) is 5.91 Å². The van der Waals surface area contributed by atoms with Crippen molar-refractivity contribution in [2.45, 2.75) is 57.7 Å². The van der Waals surface area contributed by atoms with E-state index in [1.165, 1.54) is 0 Å². The molecule has 1 saturated carbocycles. The van der Waals surface area contributed by atoms with Gasteiger partial charge in [-0.05, 0) is 39.0 Å². The number of thiocarbonyl (C=S) groups is 1. The number of nitrogens with two attached hydrogens (primary N) is 1. The van der Waals surface area contributed by atoms with Crippen LogP contribution >= 0.6 is 12.2 Å². The summed E-state index contributed by atoms with van der Waals surface area (Å²) in [5.74, 6) is -1.91. The van der Waals surface area contributed by atoms with Gasteiger partial charge in [0.1, 0.15) is 0 Å². The Morgan fingerprint density at radius 3 is 2.15 bits per heavy atom. The lowest BCUT2D eigenvalue weighted by Gasteiger charge is -2.33. The van der Waals surface area contributed by atoms with Crippen LogP contribution in [-0.4, -0.2) is 22.6 Å². The lowest BCUT2D eigenvalue weighted by molar-refractivity contribution is -0.184. The van der Waals surface area contributed by atoms with Gasteiger partial charge in [-0.3, -0.25) is 4.79 Å². The molecular formula is C13H21F3N2OS. The SMILES string of the molecule is CCC(C)(NC(=O)C1CCC(C(F)(F)F)CC1)C(N)=S. The summed E-state index contributed by atoms with van der Waals surface area (Å²) in [6.45, 7) is 3.58. The van der Waals surface area contributed by atoms with Crippen molar-refractivity contribution in [2.75, 3.05) is 0 Å². The van der Waals surface area contributed by atoms with Crippen LogP contribution in [-0.2, 0) is 4.79 Å². The van der Waals surface area contributed by atoms with E-state index in [9.17, 15) is 18.0 Å². The summed E-state index contributed by atoms with van der Waals surface area (Å²) >= 11 is 4.93. The molecule has 0 radical (unpaired) electrons. The van der Waals surface area contributed by atoms with E-state index < -0.39 is 17.6 Å². The lowest BCUT2D eigenvalue weighted by Crippen LogP contribution is -2.55. The Bertz CT molecular complexity index is 378. The van der Waals surface area contributed by atoms with Crippen molar-refractivity contribution in [3.63, 3.8) is 0 Å². The molecule has 0 aliphatic heterocycles. The number of alkyl halides is 3. The van der Waals surface area contributed by atoms with Crippen LogP contribution in [0.4, 0.5) is 13.2 Å². The predicted octanol–water partition coefficient (Wildman–Crippen LogP) is 2.93. The van der Waals surface area contributed by atoms with Gasteiger partial charge in [-0.1, -0.05) is 19.1 Å². The quantitative estimate of drug-likeness (QED) is 0.785. The molecule has 1 aliphatic carbocycles. The lowest BCUT2D eigenvalue weighted by atomic mass is 9.80. The fourth-order valence-corrected chi connectivity index (χ4v) is 2.58. The zero-order valence-corrected chi connectivity index (χ0v) is 12.5. The molecule has 1 aliphatic rings. The monoisotopic (exact) mass is 310 g/mol. The van der Waals surface area contributed by atoms with E-state index in [1.54, 1.807) is 6.92 Å². The minimum atomic E-state index is -4.15. The van der Waals surface area contributed by atoms with E-state index in [0.29, 0.717) is 6.42 Å². The second-order valence-electron chi connectivity index (χ2n) is 5.63. The average Bonchev–Trinajstić information content (AvgIpc) is 2.37. The van der Waals surface area contributed by atoms with Crippen LogP contribution in [0.3, 0.4) is 0 Å². The first-order valence-corrected chi connectivity index (χ1v) is 7.19. The maximum Gasteiger partial charge on any atom is 0.391 e. The molecule has 0 bridgehead atoms. The third kappa shape index (κ3) is 4.07. The van der Waals surface area contributed by atoms with E-state index in [4.69, 9.17) is 18.0 Å². The topological polar surface area (TPSA) is 55.1 Å². The smallest absolute Gasteiger partial charge is 0.391 e. The van der Waals surface area contributed by atoms with Crippen molar-refractivity contribution < 1.29 is 18.0 Å². The summed E-state index contributed by atoms with van der Waals surface area (Å²) in [7, 11) is 0. The number of hydrogen-bond donors (Lipinski definition) is 2. The highest BCUT2D eigenvalue weighted by Crippen LogP contribution is 2.39. The molecule has 0 aromatic heterocycles. The number of rotatable bonds is 4. The molecule has 7 heteroatoms. The summed E-state index contributed by atoms with van der Waals surface area (Å²) in [4.78, 5) is 12.3. The first-order chi connectivity index (χ1) is 9.10. The number of amides is 1. The van der Waals surface area contributed by atoms with Crippen LogP contribution in [0.25, 0.3) is 0 Å². The van der Waals surface area contributed by atoms with Gasteiger partial charge >= 0.3 is 6.18 Å². The van der Waals surface area contributed by atoms with Crippen LogP contribution in [0.5, 0.6) is 0 Å². The van der Waals surface area contributed by atoms with Gasteiger partial charge < -0.3 is 11.1 Å². The van der Waals surface area contributed by atoms with Gasteiger partial charge in [-0.25, -0.2) is 0 Å². The highest BCUT2D eigenvalue weighted by atomic mass is 32.1. The summed E-state index contributed by atoms with van der Waals surface area (Å²) in [5, 5.41) is 2.78. The van der Waals surface area contributed by atoms with Gasteiger partial charge in [0.15, 0.2) is 0 Å². The average molecular weight is 310 g/mol. The standard InChI is InChI=1S/C13H21F3N2OS/c1-3-12(2,11(17)20)18-10(19)8-4-6-9(7-5-8)13(14,15)16/h8-9H,3-7H2,1-2H3,(H2,17,20)(H,18,19). The highest BCUT2D eigenvalue weighted by molar-refractivity contribution is 7.80. The Morgan fingerprint density at radius 2 is 1.80 bits per heavy atom. The minimum Gasteiger partial charge on any atom is -0.391 e. The number of halogens is 3. The van der Waals surface area contributed by atoms with Crippen LogP contribution in [0.15, 0.2) is 0 Å². The molecule has 3 N–H and O–H groups in total. The first kappa shape index (κ1) is 17.2. The highest BCUT2D eigenvalue weighted by Gasteiger charge is 2.43. The van der Waals surface area contributed by atoms with Crippen molar-refractivity contribution >= 4 is 23.1 Å². The molecule has 3 nitrogen and oxygen atoms in total. The maximum absolute atomic E-state index is 12.6. The largest absolute Gasteiger partial charge is 0.391 e. The van der Waals surface area contributed by atoms with Gasteiger partial charge in [0.25, 0.3) is 0 Å². The molecule has 0 heterocycles. The van der Waals surface area contributed by atoms with E-state index >= 15 is 0 Å². The molecule has 0 saturated heterocycles. The third-order valence-corrected chi connectivity index (χ3v) is 4.66. The molecule has 116 valence electrons. The molecule has 1 atom stereocenters. The summed E-state index contributed by atoms with van der Waals surface area (Å²) < 4.78 is 37.7. The number of carbonyl (C=O) groups is 1. The third-order valence-electron chi connectivity index (χ3n) is 4.21. The second kappa shape index (κ2) is 6.28. The summed E-state index contributed by atoms with van der Waals surface area (Å²) in [6.07, 6.45) is -3.07. The normalized spacial score (nSPS) is 26.6. The van der Waals surface area contributed by atoms with E-state index in [0.717, 1.165) is 0 Å². The molecule has 0 spiro atoms. The number of nitrogens with one attached hydrogen (secondary N) is 1. The number of hydrogen-bond acceptors (Lipinski definition) is 2. The Hall–Kier alpha value is -0.850. The molecule has 1 amide bonds. The van der Waals surface area contributed by atoms with Crippen molar-refractivity contribution in [3.8, 4) is 0 Å². The Balaban J connectivity index is 2.57. The molecule has 0 aromatic carbocycles. The predicted molar refractivity (Wildman–Crippen MR) is 75.1 cm³/mol. The Labute approximate surface area is 122 Å². The second-order valence-corrected chi connectivity index (χ2v) is 6.07. The molecule has 1 unspecified atom stereocenters. The van der Waals surface area contributed by atoms with Crippen LogP contribution in [0.2, 0.25) is 0 Å². The van der Waals surface area contributed by atoms with E-state index in [1.807, 2.05) is 6.92 Å². The molecule has 20 heavy (non-hydrogen) atoms. The molecular weight excluding hydrogens is 289 g/mol. The van der Waals surface area contributed by atoms with Crippen molar-refractivity contribution in [1.82, 2.24) is 5.32 Å². The first-order valence-electron chi connectivity index (χ1n) is 6.78. The molecule has 1 rings (SSSR count). The Kier molecular flexibility index (Phi) is 5.40. The zero-order chi connectivity index (χ0) is 15.6. The van der Waals surface area contributed by atoms with Crippen molar-refractivity contribution in [3.05, 3.63) is 0 Å². The summed E-state index contributed by atoms with van der Waals surface area (Å²) in [5.41, 5.74) is 4.84.